The Balaban J connectivity index is 3.46. The summed E-state index contributed by atoms with van der Waals surface area (Å²) in [5.74, 6) is -0.809. The smallest absolute Gasteiger partial charge is 0.323 e. The van der Waals surface area contributed by atoms with E-state index in [1.165, 1.54) is 0 Å². The van der Waals surface area contributed by atoms with Crippen LogP contribution in [0.5, 0.6) is 0 Å². The molecule has 4 heteroatoms. The topological polar surface area (TPSA) is 61.4 Å². The predicted octanol–water partition coefficient (Wildman–Crippen LogP) is 0.439. The summed E-state index contributed by atoms with van der Waals surface area (Å²) in [7, 11) is 0. The van der Waals surface area contributed by atoms with Gasteiger partial charge in [0.2, 0.25) is 0 Å². The van der Waals surface area contributed by atoms with Crippen molar-refractivity contribution in [3.05, 3.63) is 0 Å². The molecule has 0 radical (unpaired) electrons. The van der Waals surface area contributed by atoms with Gasteiger partial charge in [0.05, 0.1) is 0 Å². The molecule has 0 aliphatic rings. The van der Waals surface area contributed by atoms with Crippen LogP contribution in [0.15, 0.2) is 0 Å². The second-order valence-corrected chi connectivity index (χ2v) is 3.56. The fraction of sp³-hybridized carbons (Fsp3) is 0.889. The summed E-state index contributed by atoms with van der Waals surface area (Å²) in [5.41, 5.74) is -0.813. The Morgan fingerprint density at radius 1 is 1.38 bits per heavy atom. The Labute approximate surface area is 79.7 Å². The Morgan fingerprint density at radius 3 is 2.46 bits per heavy atom. The summed E-state index contributed by atoms with van der Waals surface area (Å²) in [4.78, 5) is 10.7. The summed E-state index contributed by atoms with van der Waals surface area (Å²) < 4.78 is 0. The number of nitrogens with one attached hydrogen (secondary N) is 2. The zero-order valence-corrected chi connectivity index (χ0v) is 8.68. The minimum absolute atomic E-state index is 0.728. The molecule has 0 spiro atoms. The predicted molar refractivity (Wildman–Crippen MR) is 52.9 cm³/mol. The summed E-state index contributed by atoms with van der Waals surface area (Å²) in [5, 5.41) is 14.9. The second-order valence-electron chi connectivity index (χ2n) is 3.56. The maximum absolute atomic E-state index is 10.7. The first kappa shape index (κ1) is 12.4. The minimum atomic E-state index is -0.813. The van der Waals surface area contributed by atoms with Crippen LogP contribution in [-0.4, -0.2) is 36.2 Å². The van der Waals surface area contributed by atoms with Crippen molar-refractivity contribution in [3.8, 4) is 0 Å². The molecule has 13 heavy (non-hydrogen) atoms. The van der Waals surface area contributed by atoms with E-state index in [9.17, 15) is 4.79 Å². The van der Waals surface area contributed by atoms with Crippen LogP contribution in [0.2, 0.25) is 0 Å². The van der Waals surface area contributed by atoms with Crippen molar-refractivity contribution in [2.24, 2.45) is 0 Å². The fourth-order valence-electron chi connectivity index (χ4n) is 0.867. The number of aliphatic carboxylic acids is 1. The van der Waals surface area contributed by atoms with E-state index in [0.29, 0.717) is 0 Å². The summed E-state index contributed by atoms with van der Waals surface area (Å²) in [6.45, 7) is 8.01. The third kappa shape index (κ3) is 5.60. The lowest BCUT2D eigenvalue weighted by atomic mass is 10.1. The van der Waals surface area contributed by atoms with Gasteiger partial charge in [-0.15, -0.1) is 0 Å². The molecule has 0 bridgehead atoms. The standard InChI is InChI=1S/C9H20N2O2/c1-4-10-6-5-7-11-9(2,3)8(12)13/h10-11H,4-7H2,1-3H3,(H,12,13). The molecule has 0 aromatic heterocycles. The summed E-state index contributed by atoms with van der Waals surface area (Å²) in [6.07, 6.45) is 0.949. The van der Waals surface area contributed by atoms with Crippen molar-refractivity contribution in [1.29, 1.82) is 0 Å². The van der Waals surface area contributed by atoms with Crippen LogP contribution in [-0.2, 0) is 4.79 Å². The normalized spacial score (nSPS) is 11.6. The Bertz CT molecular complexity index is 158. The van der Waals surface area contributed by atoms with Crippen molar-refractivity contribution in [3.63, 3.8) is 0 Å². The molecule has 0 aromatic rings. The summed E-state index contributed by atoms with van der Waals surface area (Å²) >= 11 is 0. The third-order valence-corrected chi connectivity index (χ3v) is 1.88. The zero-order valence-electron chi connectivity index (χ0n) is 8.68. The molecule has 0 aromatic carbocycles. The van der Waals surface area contributed by atoms with Crippen LogP contribution < -0.4 is 10.6 Å². The highest BCUT2D eigenvalue weighted by atomic mass is 16.4. The number of carbonyl (C=O) groups is 1. The van der Waals surface area contributed by atoms with Crippen LogP contribution in [0, 0.1) is 0 Å². The number of carboxylic acids is 1. The molecule has 0 saturated heterocycles. The van der Waals surface area contributed by atoms with E-state index < -0.39 is 11.5 Å². The van der Waals surface area contributed by atoms with Crippen molar-refractivity contribution < 1.29 is 9.90 Å². The van der Waals surface area contributed by atoms with Crippen molar-refractivity contribution in [2.45, 2.75) is 32.7 Å². The molecule has 0 aliphatic heterocycles. The van der Waals surface area contributed by atoms with Crippen molar-refractivity contribution in [1.82, 2.24) is 10.6 Å². The van der Waals surface area contributed by atoms with Gasteiger partial charge in [0.15, 0.2) is 0 Å². The van der Waals surface area contributed by atoms with E-state index in [-0.39, 0.29) is 0 Å². The van der Waals surface area contributed by atoms with Gasteiger partial charge in [-0.2, -0.15) is 0 Å². The van der Waals surface area contributed by atoms with Gasteiger partial charge >= 0.3 is 5.97 Å². The number of hydrogen-bond donors (Lipinski definition) is 3. The average Bonchev–Trinajstić information content (AvgIpc) is 2.03. The molecule has 0 fully saturated rings. The van der Waals surface area contributed by atoms with Gasteiger partial charge in [-0.1, -0.05) is 6.92 Å². The van der Waals surface area contributed by atoms with Gasteiger partial charge in [0.25, 0.3) is 0 Å². The van der Waals surface area contributed by atoms with Crippen molar-refractivity contribution >= 4 is 5.97 Å². The Hall–Kier alpha value is -0.610. The molecule has 0 rings (SSSR count). The van der Waals surface area contributed by atoms with E-state index in [4.69, 9.17) is 5.11 Å². The van der Waals surface area contributed by atoms with Crippen LogP contribution >= 0.6 is 0 Å². The van der Waals surface area contributed by atoms with Crippen LogP contribution in [0.1, 0.15) is 27.2 Å². The van der Waals surface area contributed by atoms with Gasteiger partial charge in [0, 0.05) is 0 Å². The number of carboxylic acid groups (broad SMARTS) is 1. The molecule has 4 nitrogen and oxygen atoms in total. The van der Waals surface area contributed by atoms with Crippen molar-refractivity contribution in [2.75, 3.05) is 19.6 Å². The molecule has 0 saturated carbocycles. The van der Waals surface area contributed by atoms with Crippen LogP contribution in [0.3, 0.4) is 0 Å². The lowest BCUT2D eigenvalue weighted by Gasteiger charge is -2.20. The van der Waals surface area contributed by atoms with Crippen LogP contribution in [0.25, 0.3) is 0 Å². The first-order valence-electron chi connectivity index (χ1n) is 4.70. The van der Waals surface area contributed by atoms with E-state index >= 15 is 0 Å². The van der Waals surface area contributed by atoms with Gasteiger partial charge in [-0.05, 0) is 39.9 Å². The summed E-state index contributed by atoms with van der Waals surface area (Å²) in [6, 6.07) is 0. The molecule has 0 heterocycles. The maximum atomic E-state index is 10.7. The minimum Gasteiger partial charge on any atom is -0.480 e. The van der Waals surface area contributed by atoms with Gasteiger partial charge < -0.3 is 15.7 Å². The van der Waals surface area contributed by atoms with E-state index in [1.807, 2.05) is 0 Å². The first-order valence-corrected chi connectivity index (χ1v) is 4.70. The highest BCUT2D eigenvalue weighted by Crippen LogP contribution is 2.00. The molecule has 78 valence electrons. The Kier molecular flexibility index (Phi) is 5.66. The molecule has 0 unspecified atom stereocenters. The van der Waals surface area contributed by atoms with E-state index in [0.717, 1.165) is 26.1 Å². The zero-order chi connectivity index (χ0) is 10.3. The van der Waals surface area contributed by atoms with E-state index in [2.05, 4.69) is 17.6 Å². The largest absolute Gasteiger partial charge is 0.480 e. The highest BCUT2D eigenvalue weighted by Gasteiger charge is 2.25. The monoisotopic (exact) mass is 188 g/mol. The third-order valence-electron chi connectivity index (χ3n) is 1.88. The number of hydrogen-bond acceptors (Lipinski definition) is 3. The molecule has 0 aliphatic carbocycles. The number of rotatable bonds is 7. The molecule has 0 amide bonds. The molecule has 3 N–H and O–H groups in total. The van der Waals surface area contributed by atoms with Crippen LogP contribution in [0.4, 0.5) is 0 Å². The fourth-order valence-corrected chi connectivity index (χ4v) is 0.867. The highest BCUT2D eigenvalue weighted by molar-refractivity contribution is 5.77. The lowest BCUT2D eigenvalue weighted by molar-refractivity contribution is -0.143. The molecular formula is C9H20N2O2. The second kappa shape index (κ2) is 5.94. The first-order chi connectivity index (χ1) is 6.00. The Morgan fingerprint density at radius 2 is 2.00 bits per heavy atom. The SMILES string of the molecule is CCNCCCNC(C)(C)C(=O)O. The van der Waals surface area contributed by atoms with Gasteiger partial charge in [-0.25, -0.2) is 0 Å². The van der Waals surface area contributed by atoms with Gasteiger partial charge in [-0.3, -0.25) is 4.79 Å². The van der Waals surface area contributed by atoms with E-state index in [1.54, 1.807) is 13.8 Å². The van der Waals surface area contributed by atoms with Gasteiger partial charge in [0.1, 0.15) is 5.54 Å². The molecule has 0 atom stereocenters. The maximum Gasteiger partial charge on any atom is 0.323 e. The lowest BCUT2D eigenvalue weighted by Crippen LogP contribution is -2.47. The quantitative estimate of drug-likeness (QED) is 0.507. The molecular weight excluding hydrogens is 168 g/mol. The average molecular weight is 188 g/mol.